The number of aliphatic carboxylic acids is 1. The molecule has 0 aromatic heterocycles. The lowest BCUT2D eigenvalue weighted by Crippen LogP contribution is -2.45. The molecule has 3 aliphatic rings. The quantitative estimate of drug-likeness (QED) is 0.534. The van der Waals surface area contributed by atoms with Crippen LogP contribution in [0.3, 0.4) is 0 Å². The number of hydrogen-bond donors (Lipinski definition) is 1. The molecule has 7 heteroatoms. The number of amides is 1. The molecule has 2 heterocycles. The van der Waals surface area contributed by atoms with Crippen LogP contribution in [0.2, 0.25) is 5.02 Å². The summed E-state index contributed by atoms with van der Waals surface area (Å²) in [5, 5.41) is 11.1. The molecule has 1 amide bonds. The molecule has 0 spiro atoms. The normalized spacial score (nSPS) is 21.2. The SMILES string of the molecule is O=C(O)[C@@H]1c2ccccc2C(=O)N(c2ccc(Cl)c(C3CC3)c2)[C@H]1c1ccc2c(c1)OCCO2. The molecular formula is C27H22ClNO5. The molecule has 2 aliphatic heterocycles. The Morgan fingerprint density at radius 1 is 0.941 bits per heavy atom. The number of carboxylic acids is 1. The predicted octanol–water partition coefficient (Wildman–Crippen LogP) is 5.56. The smallest absolute Gasteiger partial charge is 0.313 e. The third kappa shape index (κ3) is 3.41. The van der Waals surface area contributed by atoms with E-state index in [-0.39, 0.29) is 5.91 Å². The molecule has 34 heavy (non-hydrogen) atoms. The van der Waals surface area contributed by atoms with E-state index in [1.165, 1.54) is 0 Å². The van der Waals surface area contributed by atoms with Crippen LogP contribution in [0, 0.1) is 0 Å². The largest absolute Gasteiger partial charge is 0.486 e. The van der Waals surface area contributed by atoms with E-state index in [9.17, 15) is 14.7 Å². The number of rotatable bonds is 4. The molecule has 6 rings (SSSR count). The first-order valence-electron chi connectivity index (χ1n) is 11.4. The maximum absolute atomic E-state index is 13.9. The number of ether oxygens (including phenoxy) is 2. The lowest BCUT2D eigenvalue weighted by Gasteiger charge is -2.41. The molecule has 1 aliphatic carbocycles. The lowest BCUT2D eigenvalue weighted by atomic mass is 9.79. The van der Waals surface area contributed by atoms with Gasteiger partial charge in [-0.3, -0.25) is 14.5 Å². The van der Waals surface area contributed by atoms with Crippen molar-refractivity contribution in [3.63, 3.8) is 0 Å². The molecule has 0 unspecified atom stereocenters. The molecule has 3 aromatic carbocycles. The number of carboxylic acid groups (broad SMARTS) is 1. The van der Waals surface area contributed by atoms with Crippen LogP contribution in [0.15, 0.2) is 60.7 Å². The third-order valence-corrected chi connectivity index (χ3v) is 7.13. The summed E-state index contributed by atoms with van der Waals surface area (Å²) < 4.78 is 11.4. The van der Waals surface area contributed by atoms with Gasteiger partial charge in [0.1, 0.15) is 19.1 Å². The van der Waals surface area contributed by atoms with Gasteiger partial charge in [-0.2, -0.15) is 0 Å². The van der Waals surface area contributed by atoms with Gasteiger partial charge in [-0.1, -0.05) is 35.9 Å². The van der Waals surface area contributed by atoms with Crippen LogP contribution in [-0.4, -0.2) is 30.2 Å². The first kappa shape index (κ1) is 21.1. The highest BCUT2D eigenvalue weighted by molar-refractivity contribution is 6.31. The Bertz CT molecular complexity index is 1320. The van der Waals surface area contributed by atoms with Gasteiger partial charge < -0.3 is 14.6 Å². The number of anilines is 1. The van der Waals surface area contributed by atoms with Gasteiger partial charge in [0, 0.05) is 16.3 Å². The minimum atomic E-state index is -0.999. The first-order valence-corrected chi connectivity index (χ1v) is 11.7. The predicted molar refractivity (Wildman–Crippen MR) is 127 cm³/mol. The van der Waals surface area contributed by atoms with Gasteiger partial charge in [-0.15, -0.1) is 0 Å². The average molecular weight is 476 g/mol. The number of nitrogens with zero attached hydrogens (tertiary/aromatic N) is 1. The second kappa shape index (κ2) is 8.06. The second-order valence-electron chi connectivity index (χ2n) is 8.91. The van der Waals surface area contributed by atoms with Crippen LogP contribution in [-0.2, 0) is 4.79 Å². The van der Waals surface area contributed by atoms with E-state index in [4.69, 9.17) is 21.1 Å². The highest BCUT2D eigenvalue weighted by Crippen LogP contribution is 2.49. The molecule has 1 N–H and O–H groups in total. The van der Waals surface area contributed by atoms with Gasteiger partial charge in [0.25, 0.3) is 5.91 Å². The zero-order valence-corrected chi connectivity index (χ0v) is 19.0. The summed E-state index contributed by atoms with van der Waals surface area (Å²) >= 11 is 6.47. The molecule has 0 bridgehead atoms. The second-order valence-corrected chi connectivity index (χ2v) is 9.31. The van der Waals surface area contributed by atoms with Crippen molar-refractivity contribution >= 4 is 29.2 Å². The van der Waals surface area contributed by atoms with Crippen LogP contribution >= 0.6 is 11.6 Å². The van der Waals surface area contributed by atoms with Crippen molar-refractivity contribution in [3.8, 4) is 11.5 Å². The fourth-order valence-electron chi connectivity index (χ4n) is 5.06. The maximum atomic E-state index is 13.9. The number of hydrogen-bond acceptors (Lipinski definition) is 4. The van der Waals surface area contributed by atoms with Gasteiger partial charge in [0.05, 0.1) is 6.04 Å². The van der Waals surface area contributed by atoms with Crippen molar-refractivity contribution in [1.82, 2.24) is 0 Å². The van der Waals surface area contributed by atoms with E-state index in [0.29, 0.717) is 58.0 Å². The molecule has 0 saturated heterocycles. The molecule has 1 fully saturated rings. The summed E-state index contributed by atoms with van der Waals surface area (Å²) in [6, 6.07) is 17.1. The van der Waals surface area contributed by atoms with Crippen LogP contribution in [0.4, 0.5) is 5.69 Å². The highest BCUT2D eigenvalue weighted by Gasteiger charge is 2.45. The average Bonchev–Trinajstić information content (AvgIpc) is 3.69. The van der Waals surface area contributed by atoms with Gasteiger partial charge in [-0.05, 0) is 71.8 Å². The van der Waals surface area contributed by atoms with Crippen LogP contribution in [0.1, 0.15) is 57.8 Å². The lowest BCUT2D eigenvalue weighted by molar-refractivity contribution is -0.139. The minimum absolute atomic E-state index is 0.239. The first-order chi connectivity index (χ1) is 16.5. The van der Waals surface area contributed by atoms with E-state index in [1.54, 1.807) is 53.4 Å². The van der Waals surface area contributed by atoms with Crippen molar-refractivity contribution in [2.24, 2.45) is 0 Å². The van der Waals surface area contributed by atoms with E-state index in [1.807, 2.05) is 12.1 Å². The standard InChI is InChI=1S/C27H22ClNO5/c28-21-9-8-17(14-20(21)15-5-6-15)29-25(16-7-10-22-23(13-16)34-12-11-33-22)24(27(31)32)18-3-1-2-4-19(18)26(29)30/h1-4,7-10,13-15,24-25H,5-6,11-12H2,(H,31,32)/t24-,25+/m1/s1. The third-order valence-electron chi connectivity index (χ3n) is 6.79. The van der Waals surface area contributed by atoms with Gasteiger partial charge in [0.2, 0.25) is 0 Å². The Balaban J connectivity index is 1.56. The van der Waals surface area contributed by atoms with Crippen LogP contribution in [0.5, 0.6) is 11.5 Å². The zero-order valence-electron chi connectivity index (χ0n) is 18.2. The Hall–Kier alpha value is -3.51. The molecule has 6 nitrogen and oxygen atoms in total. The Kier molecular flexibility index (Phi) is 4.99. The monoisotopic (exact) mass is 475 g/mol. The van der Waals surface area contributed by atoms with E-state index < -0.39 is 17.9 Å². The topological polar surface area (TPSA) is 76.1 Å². The van der Waals surface area contributed by atoms with Crippen LogP contribution < -0.4 is 14.4 Å². The Labute approximate surface area is 201 Å². The summed E-state index contributed by atoms with van der Waals surface area (Å²) in [6.07, 6.45) is 2.12. The van der Waals surface area contributed by atoms with E-state index in [0.717, 1.165) is 18.4 Å². The van der Waals surface area contributed by atoms with Gasteiger partial charge in [0.15, 0.2) is 11.5 Å². The van der Waals surface area contributed by atoms with Gasteiger partial charge >= 0.3 is 5.97 Å². The molecule has 3 aromatic rings. The van der Waals surface area contributed by atoms with Crippen LogP contribution in [0.25, 0.3) is 0 Å². The fourth-order valence-corrected chi connectivity index (χ4v) is 5.33. The fraction of sp³-hybridized carbons (Fsp3) is 0.259. The molecule has 1 saturated carbocycles. The molecule has 2 atom stereocenters. The van der Waals surface area contributed by atoms with E-state index in [2.05, 4.69) is 0 Å². The summed E-state index contributed by atoms with van der Waals surface area (Å²) in [4.78, 5) is 28.2. The maximum Gasteiger partial charge on any atom is 0.313 e. The summed E-state index contributed by atoms with van der Waals surface area (Å²) in [5.41, 5.74) is 3.21. The Morgan fingerprint density at radius 3 is 2.47 bits per heavy atom. The molecule has 0 radical (unpaired) electrons. The van der Waals surface area contributed by atoms with Crippen molar-refractivity contribution in [2.45, 2.75) is 30.7 Å². The minimum Gasteiger partial charge on any atom is -0.486 e. The molecule has 172 valence electrons. The summed E-state index contributed by atoms with van der Waals surface area (Å²) in [6.45, 7) is 0.872. The number of halogens is 1. The molecular weight excluding hydrogens is 454 g/mol. The van der Waals surface area contributed by atoms with Crippen molar-refractivity contribution < 1.29 is 24.2 Å². The zero-order chi connectivity index (χ0) is 23.4. The van der Waals surface area contributed by atoms with E-state index >= 15 is 0 Å². The van der Waals surface area contributed by atoms with Crippen molar-refractivity contribution in [1.29, 1.82) is 0 Å². The number of carbonyl (C=O) groups excluding carboxylic acids is 1. The summed E-state index contributed by atoms with van der Waals surface area (Å²) in [5.74, 6) is -0.662. The van der Waals surface area contributed by atoms with Crippen molar-refractivity contribution in [2.75, 3.05) is 18.1 Å². The summed E-state index contributed by atoms with van der Waals surface area (Å²) in [7, 11) is 0. The Morgan fingerprint density at radius 2 is 1.71 bits per heavy atom. The highest BCUT2D eigenvalue weighted by atomic mass is 35.5. The van der Waals surface area contributed by atoms with Crippen molar-refractivity contribution in [3.05, 3.63) is 87.9 Å². The number of fused-ring (bicyclic) bond motifs is 2. The number of benzene rings is 3. The van der Waals surface area contributed by atoms with Gasteiger partial charge in [-0.25, -0.2) is 0 Å². The number of carbonyl (C=O) groups is 2.